The maximum absolute atomic E-state index is 14.1. The summed E-state index contributed by atoms with van der Waals surface area (Å²) >= 11 is 0. The van der Waals surface area contributed by atoms with E-state index in [1.807, 2.05) is 44.2 Å². The van der Waals surface area contributed by atoms with Gasteiger partial charge in [0.1, 0.15) is 18.1 Å². The molecular weight excluding hydrogens is 728 g/mol. The van der Waals surface area contributed by atoms with Gasteiger partial charge in [0.2, 0.25) is 29.4 Å². The minimum Gasteiger partial charge on any atom is -0.481 e. The zero-order chi connectivity index (χ0) is 41.2. The van der Waals surface area contributed by atoms with Gasteiger partial charge in [-0.1, -0.05) is 87.9 Å². The van der Waals surface area contributed by atoms with E-state index in [4.69, 9.17) is 15.2 Å². The van der Waals surface area contributed by atoms with Crippen molar-refractivity contribution in [3.05, 3.63) is 71.8 Å². The zero-order valence-electron chi connectivity index (χ0n) is 31.9. The van der Waals surface area contributed by atoms with E-state index in [1.54, 1.807) is 37.3 Å². The minimum absolute atomic E-state index is 0.00272. The third-order valence-electron chi connectivity index (χ3n) is 8.76. The van der Waals surface area contributed by atoms with Gasteiger partial charge in [0.15, 0.2) is 0 Å². The molecule has 304 valence electrons. The molecule has 7 N–H and O–H groups in total. The lowest BCUT2D eigenvalue weighted by Crippen LogP contribution is -2.56. The fraction of sp³-hybridized carbons (Fsp3) is 0.487. The molecule has 1 aliphatic rings. The standard InChI is InChI=1S/C39H52N6O11/c1-4-12-28(34(49)37(52)41-20-31(46)44-33(35(40)50)26-15-9-6-10-16-26)42-36(51)30-19-27(55-23-25-13-7-5-8-14-25)21-45(30)38(53)29(17-11-18-32(47)48)43-39(54)56-22-24(2)3/h5-10,13-16,24,27-30,33H,4,11-12,17-23H2,1-3H3,(H2,40,50)(H,41,52)(H,42,51)(H,43,54)(H,44,46)(H,47,48)/t27-,28?,29+,30+,33+/m1/s1. The molecule has 1 saturated heterocycles. The van der Waals surface area contributed by atoms with E-state index in [-0.39, 0.29) is 57.8 Å². The number of alkyl carbamates (subject to hydrolysis) is 1. The molecule has 0 saturated carbocycles. The molecule has 3 rings (SSSR count). The lowest BCUT2D eigenvalue weighted by Gasteiger charge is -2.29. The molecule has 17 nitrogen and oxygen atoms in total. The fourth-order valence-electron chi connectivity index (χ4n) is 5.95. The summed E-state index contributed by atoms with van der Waals surface area (Å²) in [6.45, 7) is 4.88. The fourth-order valence-corrected chi connectivity index (χ4v) is 5.95. The molecule has 0 aliphatic carbocycles. The molecule has 0 bridgehead atoms. The van der Waals surface area contributed by atoms with Crippen molar-refractivity contribution in [1.82, 2.24) is 26.2 Å². The van der Waals surface area contributed by atoms with E-state index in [1.165, 1.54) is 4.90 Å². The lowest BCUT2D eigenvalue weighted by molar-refractivity contribution is -0.143. The number of carboxylic acid groups (broad SMARTS) is 1. The van der Waals surface area contributed by atoms with Crippen LogP contribution in [0.3, 0.4) is 0 Å². The second-order valence-electron chi connectivity index (χ2n) is 13.8. The quantitative estimate of drug-likeness (QED) is 0.0934. The Hall–Kier alpha value is -5.84. The predicted molar refractivity (Wildman–Crippen MR) is 201 cm³/mol. The molecule has 2 aromatic carbocycles. The second kappa shape index (κ2) is 22.5. The molecular formula is C39H52N6O11. The highest BCUT2D eigenvalue weighted by Gasteiger charge is 2.43. The number of ether oxygens (including phenoxy) is 2. The maximum Gasteiger partial charge on any atom is 0.407 e. The Balaban J connectivity index is 1.76. The van der Waals surface area contributed by atoms with Gasteiger partial charge in [0, 0.05) is 19.4 Å². The Morgan fingerprint density at radius 1 is 0.893 bits per heavy atom. The van der Waals surface area contributed by atoms with Crippen molar-refractivity contribution in [3.63, 3.8) is 0 Å². The van der Waals surface area contributed by atoms with Crippen molar-refractivity contribution in [1.29, 1.82) is 0 Å². The molecule has 6 amide bonds. The van der Waals surface area contributed by atoms with Gasteiger partial charge in [0.25, 0.3) is 5.91 Å². The van der Waals surface area contributed by atoms with E-state index in [2.05, 4.69) is 21.3 Å². The number of hydrogen-bond acceptors (Lipinski definition) is 10. The Kier molecular flexibility index (Phi) is 17.9. The number of Topliss-reactive ketones (excluding diaryl/α,β-unsaturated/α-hetero) is 1. The van der Waals surface area contributed by atoms with Crippen LogP contribution in [0.15, 0.2) is 60.7 Å². The third-order valence-corrected chi connectivity index (χ3v) is 8.76. The van der Waals surface area contributed by atoms with Crippen LogP contribution in [0.2, 0.25) is 0 Å². The Bertz CT molecular complexity index is 1670. The number of primary amides is 1. The van der Waals surface area contributed by atoms with Crippen LogP contribution in [0.4, 0.5) is 4.79 Å². The molecule has 17 heteroatoms. The van der Waals surface area contributed by atoms with E-state index >= 15 is 0 Å². The Labute approximate surface area is 325 Å². The van der Waals surface area contributed by atoms with Gasteiger partial charge in [-0.15, -0.1) is 0 Å². The normalized spacial score (nSPS) is 16.5. The summed E-state index contributed by atoms with van der Waals surface area (Å²) in [7, 11) is 0. The SMILES string of the molecule is CCCC(NC(=O)[C@@H]1C[C@@H](OCc2ccccc2)CN1C(=O)[C@H](CCCC(=O)O)NC(=O)OCC(C)C)C(=O)C(=O)NCC(=O)N[C@H](C(N)=O)c1ccccc1. The third kappa shape index (κ3) is 14.4. The molecule has 1 fully saturated rings. The lowest BCUT2D eigenvalue weighted by atomic mass is 10.0. The van der Waals surface area contributed by atoms with Crippen LogP contribution < -0.4 is 27.0 Å². The van der Waals surface area contributed by atoms with Gasteiger partial charge in [-0.05, 0) is 36.3 Å². The van der Waals surface area contributed by atoms with Crippen LogP contribution in [0, 0.1) is 5.92 Å². The first-order chi connectivity index (χ1) is 26.7. The number of ketones is 1. The van der Waals surface area contributed by atoms with E-state index in [0.717, 1.165) is 5.56 Å². The van der Waals surface area contributed by atoms with Crippen molar-refractivity contribution in [3.8, 4) is 0 Å². The zero-order valence-corrected chi connectivity index (χ0v) is 31.9. The summed E-state index contributed by atoms with van der Waals surface area (Å²) < 4.78 is 11.3. The van der Waals surface area contributed by atoms with E-state index in [9.17, 15) is 43.5 Å². The minimum atomic E-state index is -1.34. The van der Waals surface area contributed by atoms with Gasteiger partial charge in [-0.3, -0.25) is 33.6 Å². The highest BCUT2D eigenvalue weighted by Crippen LogP contribution is 2.24. The number of rotatable bonds is 22. The van der Waals surface area contributed by atoms with Crippen LogP contribution in [0.25, 0.3) is 0 Å². The number of likely N-dealkylation sites (tertiary alicyclic amines) is 1. The number of amides is 6. The molecule has 1 unspecified atom stereocenters. The largest absolute Gasteiger partial charge is 0.481 e. The molecule has 0 spiro atoms. The van der Waals surface area contributed by atoms with Gasteiger partial charge in [-0.2, -0.15) is 0 Å². The van der Waals surface area contributed by atoms with Crippen molar-refractivity contribution < 1.29 is 52.9 Å². The number of hydrogen-bond donors (Lipinski definition) is 6. The predicted octanol–water partition coefficient (Wildman–Crippen LogP) is 1.49. The molecule has 1 heterocycles. The Morgan fingerprint density at radius 2 is 1.55 bits per heavy atom. The van der Waals surface area contributed by atoms with Crippen LogP contribution in [0.5, 0.6) is 0 Å². The molecule has 1 aliphatic heterocycles. The van der Waals surface area contributed by atoms with E-state index in [0.29, 0.717) is 12.0 Å². The average Bonchev–Trinajstić information content (AvgIpc) is 3.61. The molecule has 5 atom stereocenters. The highest BCUT2D eigenvalue weighted by atomic mass is 16.5. The second-order valence-corrected chi connectivity index (χ2v) is 13.8. The summed E-state index contributed by atoms with van der Waals surface area (Å²) in [6.07, 6.45) is -1.44. The first kappa shape index (κ1) is 44.6. The number of nitrogens with zero attached hydrogens (tertiary/aromatic N) is 1. The molecule has 0 radical (unpaired) electrons. The van der Waals surface area contributed by atoms with Crippen LogP contribution in [-0.4, -0.2) is 101 Å². The van der Waals surface area contributed by atoms with Gasteiger partial charge in [0.05, 0.1) is 31.9 Å². The Morgan fingerprint density at radius 3 is 2.16 bits per heavy atom. The number of aliphatic carboxylic acids is 1. The van der Waals surface area contributed by atoms with Crippen molar-refractivity contribution >= 4 is 47.4 Å². The van der Waals surface area contributed by atoms with E-state index < -0.39 is 84.2 Å². The number of nitrogens with one attached hydrogen (secondary N) is 4. The maximum atomic E-state index is 14.1. The van der Waals surface area contributed by atoms with Crippen LogP contribution in [-0.2, 0) is 49.6 Å². The van der Waals surface area contributed by atoms with Gasteiger partial charge >= 0.3 is 12.1 Å². The first-order valence-corrected chi connectivity index (χ1v) is 18.6. The van der Waals surface area contributed by atoms with Crippen molar-refractivity contribution in [2.75, 3.05) is 19.7 Å². The molecule has 0 aromatic heterocycles. The topological polar surface area (TPSA) is 253 Å². The number of carbonyl (C=O) groups is 8. The van der Waals surface area contributed by atoms with Gasteiger partial charge < -0.3 is 46.5 Å². The molecule has 2 aromatic rings. The number of carboxylic acids is 1. The van der Waals surface area contributed by atoms with Crippen LogP contribution in [0.1, 0.15) is 76.5 Å². The number of nitrogens with two attached hydrogens (primary N) is 1. The van der Waals surface area contributed by atoms with Crippen LogP contribution >= 0.6 is 0 Å². The number of carbonyl (C=O) groups excluding carboxylic acids is 7. The molecule has 56 heavy (non-hydrogen) atoms. The van der Waals surface area contributed by atoms with Crippen molar-refractivity contribution in [2.24, 2.45) is 11.7 Å². The summed E-state index contributed by atoms with van der Waals surface area (Å²) in [5.74, 6) is -6.38. The van der Waals surface area contributed by atoms with Gasteiger partial charge in [-0.25, -0.2) is 4.79 Å². The first-order valence-electron chi connectivity index (χ1n) is 18.6. The highest BCUT2D eigenvalue weighted by molar-refractivity contribution is 6.38. The van der Waals surface area contributed by atoms with Crippen molar-refractivity contribution in [2.45, 2.75) is 96.2 Å². The average molecular weight is 781 g/mol. The smallest absolute Gasteiger partial charge is 0.407 e. The monoisotopic (exact) mass is 780 g/mol. The summed E-state index contributed by atoms with van der Waals surface area (Å²) in [5.41, 5.74) is 6.72. The summed E-state index contributed by atoms with van der Waals surface area (Å²) in [5, 5.41) is 19.0. The summed E-state index contributed by atoms with van der Waals surface area (Å²) in [4.78, 5) is 104. The summed E-state index contributed by atoms with van der Waals surface area (Å²) in [6, 6.07) is 12.4. The number of benzene rings is 2.